The number of halogens is 2. The maximum absolute atomic E-state index is 12.0. The molecule has 0 aliphatic rings. The summed E-state index contributed by atoms with van der Waals surface area (Å²) in [6.45, 7) is 5.67. The number of hydrogen-bond acceptors (Lipinski definition) is 3. The molecule has 6 heteroatoms. The third-order valence-electron chi connectivity index (χ3n) is 3.50. The van der Waals surface area contributed by atoms with Gasteiger partial charge in [-0.25, -0.2) is 5.43 Å². The number of aryl methyl sites for hydroxylation is 2. The van der Waals surface area contributed by atoms with Crippen molar-refractivity contribution in [2.75, 3.05) is 0 Å². The molecule has 2 aromatic carbocycles. The first-order chi connectivity index (χ1) is 11.4. The van der Waals surface area contributed by atoms with Gasteiger partial charge in [-0.05, 0) is 56.2 Å². The third-order valence-corrected chi connectivity index (χ3v) is 4.06. The molecule has 0 spiro atoms. The van der Waals surface area contributed by atoms with E-state index in [0.29, 0.717) is 21.4 Å². The minimum atomic E-state index is -0.676. The summed E-state index contributed by atoms with van der Waals surface area (Å²) in [5, 5.41) is 4.89. The van der Waals surface area contributed by atoms with Crippen molar-refractivity contribution in [1.82, 2.24) is 5.43 Å². The smallest absolute Gasteiger partial charge is 0.280 e. The number of carbonyl (C=O) groups excluding carboxylic acids is 1. The summed E-state index contributed by atoms with van der Waals surface area (Å²) in [7, 11) is 0. The molecule has 0 heterocycles. The number of hydrogen-bond donors (Lipinski definition) is 1. The minimum absolute atomic E-state index is 0.352. The van der Waals surface area contributed by atoms with Crippen LogP contribution < -0.4 is 10.2 Å². The van der Waals surface area contributed by atoms with Gasteiger partial charge in [0.15, 0.2) is 6.10 Å². The van der Waals surface area contributed by atoms with Crippen molar-refractivity contribution in [3.8, 4) is 5.75 Å². The average molecular weight is 365 g/mol. The highest BCUT2D eigenvalue weighted by Gasteiger charge is 2.14. The highest BCUT2D eigenvalue weighted by molar-refractivity contribution is 6.36. The molecule has 0 aliphatic heterocycles. The number of nitrogens with zero attached hydrogens (tertiary/aromatic N) is 1. The van der Waals surface area contributed by atoms with Crippen LogP contribution >= 0.6 is 23.2 Å². The predicted molar refractivity (Wildman–Crippen MR) is 98.2 cm³/mol. The van der Waals surface area contributed by atoms with Crippen molar-refractivity contribution in [2.45, 2.75) is 26.9 Å². The zero-order chi connectivity index (χ0) is 17.7. The lowest BCUT2D eigenvalue weighted by Gasteiger charge is -2.14. The quantitative estimate of drug-likeness (QED) is 0.625. The molecule has 1 atom stereocenters. The molecular weight excluding hydrogens is 347 g/mol. The summed E-state index contributed by atoms with van der Waals surface area (Å²) >= 11 is 11.9. The number of benzene rings is 2. The van der Waals surface area contributed by atoms with Crippen molar-refractivity contribution in [2.24, 2.45) is 5.10 Å². The van der Waals surface area contributed by atoms with E-state index in [1.54, 1.807) is 25.1 Å². The van der Waals surface area contributed by atoms with E-state index >= 15 is 0 Å². The number of ether oxygens (including phenoxy) is 1. The van der Waals surface area contributed by atoms with Gasteiger partial charge in [0.1, 0.15) is 5.75 Å². The van der Waals surface area contributed by atoms with E-state index in [4.69, 9.17) is 27.9 Å². The zero-order valence-corrected chi connectivity index (χ0v) is 15.2. The molecule has 1 N–H and O–H groups in total. The Bertz CT molecular complexity index is 776. The van der Waals surface area contributed by atoms with Gasteiger partial charge in [0.2, 0.25) is 0 Å². The second kappa shape index (κ2) is 8.18. The maximum Gasteiger partial charge on any atom is 0.280 e. The molecule has 24 heavy (non-hydrogen) atoms. The summed E-state index contributed by atoms with van der Waals surface area (Å²) in [5.74, 6) is 0.292. The summed E-state index contributed by atoms with van der Waals surface area (Å²) in [4.78, 5) is 12.0. The largest absolute Gasteiger partial charge is 0.481 e. The molecule has 0 radical (unpaired) electrons. The van der Waals surface area contributed by atoms with E-state index in [9.17, 15) is 4.79 Å². The molecule has 2 aromatic rings. The van der Waals surface area contributed by atoms with Crippen LogP contribution in [0, 0.1) is 13.8 Å². The molecule has 0 saturated carbocycles. The van der Waals surface area contributed by atoms with Crippen molar-refractivity contribution >= 4 is 35.3 Å². The molecular formula is C18H18Cl2N2O2. The highest BCUT2D eigenvalue weighted by Crippen LogP contribution is 2.19. The van der Waals surface area contributed by atoms with Crippen LogP contribution in [0.4, 0.5) is 0 Å². The van der Waals surface area contributed by atoms with Crippen LogP contribution in [0.15, 0.2) is 41.5 Å². The Hall–Kier alpha value is -2.04. The Morgan fingerprint density at radius 2 is 1.92 bits per heavy atom. The van der Waals surface area contributed by atoms with Gasteiger partial charge in [0.05, 0.1) is 11.2 Å². The van der Waals surface area contributed by atoms with Gasteiger partial charge in [0.25, 0.3) is 5.91 Å². The van der Waals surface area contributed by atoms with Gasteiger partial charge < -0.3 is 4.74 Å². The van der Waals surface area contributed by atoms with Gasteiger partial charge in [-0.2, -0.15) is 5.10 Å². The highest BCUT2D eigenvalue weighted by atomic mass is 35.5. The van der Waals surface area contributed by atoms with Crippen molar-refractivity contribution in [1.29, 1.82) is 0 Å². The van der Waals surface area contributed by atoms with Crippen LogP contribution in [0.1, 0.15) is 23.6 Å². The van der Waals surface area contributed by atoms with E-state index in [-0.39, 0.29) is 5.91 Å². The average Bonchev–Trinajstić information content (AvgIpc) is 2.53. The molecule has 1 amide bonds. The number of hydrazone groups is 1. The summed E-state index contributed by atoms with van der Waals surface area (Å²) < 4.78 is 5.62. The van der Waals surface area contributed by atoms with Crippen LogP contribution in [0.25, 0.3) is 0 Å². The molecule has 0 bridgehead atoms. The molecule has 1 unspecified atom stereocenters. The maximum atomic E-state index is 12.0. The SMILES string of the molecule is Cc1ccc(OC(C)C(=O)N/N=C/c2ccc(Cl)cc2Cl)cc1C. The number of nitrogens with one attached hydrogen (secondary N) is 1. The molecule has 4 nitrogen and oxygen atoms in total. The normalized spacial score (nSPS) is 12.2. The Morgan fingerprint density at radius 3 is 2.58 bits per heavy atom. The minimum Gasteiger partial charge on any atom is -0.481 e. The van der Waals surface area contributed by atoms with E-state index < -0.39 is 6.10 Å². The second-order valence-corrected chi connectivity index (χ2v) is 6.25. The lowest BCUT2D eigenvalue weighted by molar-refractivity contribution is -0.127. The second-order valence-electron chi connectivity index (χ2n) is 5.41. The lowest BCUT2D eigenvalue weighted by atomic mass is 10.1. The number of carbonyl (C=O) groups is 1. The van der Waals surface area contributed by atoms with E-state index in [1.165, 1.54) is 11.8 Å². The van der Waals surface area contributed by atoms with Crippen molar-refractivity contribution in [3.05, 3.63) is 63.1 Å². The molecule has 0 aliphatic carbocycles. The summed E-state index contributed by atoms with van der Waals surface area (Å²) in [6, 6.07) is 10.7. The Kier molecular flexibility index (Phi) is 6.23. The molecule has 2 rings (SSSR count). The van der Waals surface area contributed by atoms with Crippen LogP contribution in [0.2, 0.25) is 10.0 Å². The lowest BCUT2D eigenvalue weighted by Crippen LogP contribution is -2.33. The fourth-order valence-electron chi connectivity index (χ4n) is 1.91. The Labute approximate surface area is 151 Å². The van der Waals surface area contributed by atoms with Crippen molar-refractivity contribution in [3.63, 3.8) is 0 Å². The number of amides is 1. The summed E-state index contributed by atoms with van der Waals surface area (Å²) in [5.41, 5.74) is 5.37. The Morgan fingerprint density at radius 1 is 1.17 bits per heavy atom. The predicted octanol–water partition coefficient (Wildman–Crippen LogP) is 4.53. The molecule has 0 aromatic heterocycles. The topological polar surface area (TPSA) is 50.7 Å². The van der Waals surface area contributed by atoms with Gasteiger partial charge in [0, 0.05) is 10.6 Å². The molecule has 126 valence electrons. The monoisotopic (exact) mass is 364 g/mol. The first-order valence-corrected chi connectivity index (χ1v) is 8.14. The van der Waals surface area contributed by atoms with Crippen LogP contribution in [0.3, 0.4) is 0 Å². The van der Waals surface area contributed by atoms with E-state index in [0.717, 1.165) is 5.56 Å². The Balaban J connectivity index is 1.93. The van der Waals surface area contributed by atoms with Crippen LogP contribution in [0.5, 0.6) is 5.75 Å². The van der Waals surface area contributed by atoms with E-state index in [2.05, 4.69) is 10.5 Å². The molecule has 0 fully saturated rings. The first-order valence-electron chi connectivity index (χ1n) is 7.38. The van der Waals surface area contributed by atoms with E-state index in [1.807, 2.05) is 32.0 Å². The van der Waals surface area contributed by atoms with Gasteiger partial charge in [-0.1, -0.05) is 35.3 Å². The van der Waals surface area contributed by atoms with Crippen LogP contribution in [-0.2, 0) is 4.79 Å². The van der Waals surface area contributed by atoms with Crippen molar-refractivity contribution < 1.29 is 9.53 Å². The van der Waals surface area contributed by atoms with Gasteiger partial charge >= 0.3 is 0 Å². The zero-order valence-electron chi connectivity index (χ0n) is 13.6. The first kappa shape index (κ1) is 18.3. The molecule has 0 saturated heterocycles. The number of rotatable bonds is 5. The van der Waals surface area contributed by atoms with Gasteiger partial charge in [-0.3, -0.25) is 4.79 Å². The fraction of sp³-hybridized carbons (Fsp3) is 0.222. The fourth-order valence-corrected chi connectivity index (χ4v) is 2.36. The summed E-state index contributed by atoms with van der Waals surface area (Å²) in [6.07, 6.45) is 0.782. The standard InChI is InChI=1S/C18H18Cl2N2O2/c1-11-4-7-16(8-12(11)2)24-13(3)18(23)22-21-10-14-5-6-15(19)9-17(14)20/h4-10,13H,1-3H3,(H,22,23)/b21-10+. The van der Waals surface area contributed by atoms with Crippen LogP contribution in [-0.4, -0.2) is 18.2 Å². The third kappa shape index (κ3) is 4.98. The van der Waals surface area contributed by atoms with Gasteiger partial charge in [-0.15, -0.1) is 0 Å².